The minimum absolute atomic E-state index is 0.0743. The molecule has 1 aromatic rings. The number of ether oxygens (including phenoxy) is 2. The van der Waals surface area contributed by atoms with Crippen molar-refractivity contribution in [1.29, 1.82) is 0 Å². The lowest BCUT2D eigenvalue weighted by atomic mass is 9.93. The van der Waals surface area contributed by atoms with E-state index in [1.807, 2.05) is 0 Å². The van der Waals surface area contributed by atoms with Crippen LogP contribution in [-0.2, 0) is 14.8 Å². The van der Waals surface area contributed by atoms with Gasteiger partial charge in [0.05, 0.1) is 20.8 Å². The van der Waals surface area contributed by atoms with Gasteiger partial charge >= 0.3 is 0 Å². The number of hydrogen-bond donors (Lipinski definition) is 2. The highest BCUT2D eigenvalue weighted by Gasteiger charge is 2.30. The predicted molar refractivity (Wildman–Crippen MR) is 112 cm³/mol. The molecule has 1 aliphatic heterocycles. The summed E-state index contributed by atoms with van der Waals surface area (Å²) in [6, 6.07) is 4.48. The van der Waals surface area contributed by atoms with E-state index in [4.69, 9.17) is 9.47 Å². The standard InChI is InChI=1S/C20H33N3O5S/c1-15-7-6-10-23(13-15)20(2,3)14-21-19(24)12-22-29(25,26)18-11-16(27-4)8-9-17(18)28-5/h8-9,11,15,22H,6-7,10,12-14H2,1-5H3,(H,21,24). The van der Waals surface area contributed by atoms with Crippen molar-refractivity contribution in [2.45, 2.75) is 44.0 Å². The molecule has 1 aliphatic rings. The molecule has 0 aliphatic carbocycles. The van der Waals surface area contributed by atoms with Crippen LogP contribution in [0.25, 0.3) is 0 Å². The first-order valence-corrected chi connectivity index (χ1v) is 11.3. The number of amides is 1. The molecule has 8 nitrogen and oxygen atoms in total. The molecule has 1 aromatic carbocycles. The Labute approximate surface area is 174 Å². The van der Waals surface area contributed by atoms with E-state index in [2.05, 4.69) is 35.7 Å². The number of hydrogen-bond acceptors (Lipinski definition) is 6. The van der Waals surface area contributed by atoms with Crippen LogP contribution in [0.3, 0.4) is 0 Å². The number of sulfonamides is 1. The van der Waals surface area contributed by atoms with Crippen molar-refractivity contribution < 1.29 is 22.7 Å². The Morgan fingerprint density at radius 3 is 2.62 bits per heavy atom. The number of piperidine rings is 1. The summed E-state index contributed by atoms with van der Waals surface area (Å²) in [4.78, 5) is 14.6. The monoisotopic (exact) mass is 427 g/mol. The highest BCUT2D eigenvalue weighted by atomic mass is 32.2. The van der Waals surface area contributed by atoms with Crippen LogP contribution >= 0.6 is 0 Å². The van der Waals surface area contributed by atoms with Gasteiger partial charge in [0.2, 0.25) is 15.9 Å². The van der Waals surface area contributed by atoms with E-state index in [1.165, 1.54) is 32.8 Å². The number of benzene rings is 1. The maximum Gasteiger partial charge on any atom is 0.244 e. The Balaban J connectivity index is 1.94. The quantitative estimate of drug-likeness (QED) is 0.622. The fourth-order valence-corrected chi connectivity index (χ4v) is 4.62. The summed E-state index contributed by atoms with van der Waals surface area (Å²) in [6.07, 6.45) is 2.38. The maximum absolute atomic E-state index is 12.6. The van der Waals surface area contributed by atoms with Crippen molar-refractivity contribution in [3.8, 4) is 11.5 Å². The van der Waals surface area contributed by atoms with Gasteiger partial charge in [-0.15, -0.1) is 0 Å². The fourth-order valence-electron chi connectivity index (χ4n) is 3.46. The number of carbonyl (C=O) groups is 1. The number of nitrogens with zero attached hydrogens (tertiary/aromatic N) is 1. The summed E-state index contributed by atoms with van der Waals surface area (Å²) < 4.78 is 37.8. The molecule has 1 amide bonds. The Kier molecular flexibility index (Phi) is 7.90. The Morgan fingerprint density at radius 1 is 1.28 bits per heavy atom. The van der Waals surface area contributed by atoms with Gasteiger partial charge in [0.25, 0.3) is 0 Å². The maximum atomic E-state index is 12.6. The van der Waals surface area contributed by atoms with E-state index in [1.54, 1.807) is 6.07 Å². The van der Waals surface area contributed by atoms with Gasteiger partial charge in [0.15, 0.2) is 0 Å². The van der Waals surface area contributed by atoms with Gasteiger partial charge < -0.3 is 14.8 Å². The van der Waals surface area contributed by atoms with E-state index in [9.17, 15) is 13.2 Å². The van der Waals surface area contributed by atoms with Gasteiger partial charge in [-0.25, -0.2) is 13.1 Å². The zero-order chi connectivity index (χ0) is 21.7. The Hall–Kier alpha value is -1.84. The number of nitrogens with one attached hydrogen (secondary N) is 2. The van der Waals surface area contributed by atoms with Crippen molar-refractivity contribution >= 4 is 15.9 Å². The fraction of sp³-hybridized carbons (Fsp3) is 0.650. The molecule has 9 heteroatoms. The first-order valence-electron chi connectivity index (χ1n) is 9.82. The summed E-state index contributed by atoms with van der Waals surface area (Å²) in [7, 11) is -1.10. The molecule has 0 bridgehead atoms. The third-order valence-electron chi connectivity index (χ3n) is 5.31. The third-order valence-corrected chi connectivity index (χ3v) is 6.74. The number of carbonyl (C=O) groups excluding carboxylic acids is 1. The normalized spacial score (nSPS) is 18.3. The van der Waals surface area contributed by atoms with Crippen LogP contribution in [0.5, 0.6) is 11.5 Å². The van der Waals surface area contributed by atoms with Crippen molar-refractivity contribution in [1.82, 2.24) is 14.9 Å². The van der Waals surface area contributed by atoms with E-state index in [0.717, 1.165) is 19.5 Å². The molecule has 0 radical (unpaired) electrons. The summed E-state index contributed by atoms with van der Waals surface area (Å²) in [5.74, 6) is 0.823. The second-order valence-corrected chi connectivity index (χ2v) is 9.86. The number of methoxy groups -OCH3 is 2. The van der Waals surface area contributed by atoms with Crippen LogP contribution in [0, 0.1) is 5.92 Å². The van der Waals surface area contributed by atoms with Gasteiger partial charge in [-0.3, -0.25) is 9.69 Å². The zero-order valence-corrected chi connectivity index (χ0v) is 18.8. The highest BCUT2D eigenvalue weighted by molar-refractivity contribution is 7.89. The molecule has 1 heterocycles. The molecule has 0 aromatic heterocycles. The number of rotatable bonds is 9. The minimum atomic E-state index is -3.94. The molecular weight excluding hydrogens is 394 g/mol. The Morgan fingerprint density at radius 2 is 2.00 bits per heavy atom. The van der Waals surface area contributed by atoms with Gasteiger partial charge in [-0.1, -0.05) is 6.92 Å². The lowest BCUT2D eigenvalue weighted by Gasteiger charge is -2.43. The molecular formula is C20H33N3O5S. The third kappa shape index (κ3) is 6.32. The zero-order valence-electron chi connectivity index (χ0n) is 17.9. The van der Waals surface area contributed by atoms with Gasteiger partial charge in [-0.2, -0.15) is 0 Å². The first kappa shape index (κ1) is 23.4. The molecule has 1 unspecified atom stereocenters. The van der Waals surface area contributed by atoms with Gasteiger partial charge in [0.1, 0.15) is 16.4 Å². The molecule has 0 spiro atoms. The average Bonchev–Trinajstić information content (AvgIpc) is 2.70. The first-order chi connectivity index (χ1) is 13.6. The SMILES string of the molecule is COc1ccc(OC)c(S(=O)(=O)NCC(=O)NCC(C)(C)N2CCCC(C)C2)c1. The van der Waals surface area contributed by atoms with E-state index >= 15 is 0 Å². The van der Waals surface area contributed by atoms with Crippen LogP contribution in [0.4, 0.5) is 0 Å². The molecule has 1 saturated heterocycles. The largest absolute Gasteiger partial charge is 0.497 e. The van der Waals surface area contributed by atoms with Crippen LogP contribution in [0.2, 0.25) is 0 Å². The van der Waals surface area contributed by atoms with Crippen LogP contribution in [0.15, 0.2) is 23.1 Å². The summed E-state index contributed by atoms with van der Waals surface area (Å²) >= 11 is 0. The Bertz CT molecular complexity index is 810. The second kappa shape index (κ2) is 9.77. The highest BCUT2D eigenvalue weighted by Crippen LogP contribution is 2.28. The predicted octanol–water partition coefficient (Wildman–Crippen LogP) is 1.61. The van der Waals surface area contributed by atoms with Gasteiger partial charge in [0, 0.05) is 24.7 Å². The van der Waals surface area contributed by atoms with Gasteiger partial charge in [-0.05, 0) is 51.3 Å². The number of likely N-dealkylation sites (tertiary alicyclic amines) is 1. The average molecular weight is 428 g/mol. The smallest absolute Gasteiger partial charge is 0.244 e. The summed E-state index contributed by atoms with van der Waals surface area (Å²) in [5.41, 5.74) is -0.195. The van der Waals surface area contributed by atoms with E-state index < -0.39 is 10.0 Å². The molecule has 0 saturated carbocycles. The lowest BCUT2D eigenvalue weighted by molar-refractivity contribution is -0.120. The molecule has 2 N–H and O–H groups in total. The molecule has 1 fully saturated rings. The molecule has 164 valence electrons. The van der Waals surface area contributed by atoms with Crippen molar-refractivity contribution in [3.05, 3.63) is 18.2 Å². The summed E-state index contributed by atoms with van der Waals surface area (Å²) in [6.45, 7) is 8.54. The van der Waals surface area contributed by atoms with E-state index in [0.29, 0.717) is 18.2 Å². The van der Waals surface area contributed by atoms with Crippen LogP contribution in [0.1, 0.15) is 33.6 Å². The topological polar surface area (TPSA) is 97.0 Å². The molecule has 1 atom stereocenters. The minimum Gasteiger partial charge on any atom is -0.497 e. The van der Waals surface area contributed by atoms with Crippen molar-refractivity contribution in [2.24, 2.45) is 5.92 Å². The van der Waals surface area contributed by atoms with Crippen molar-refractivity contribution in [3.63, 3.8) is 0 Å². The van der Waals surface area contributed by atoms with E-state index in [-0.39, 0.29) is 28.6 Å². The molecule has 2 rings (SSSR count). The second-order valence-electron chi connectivity index (χ2n) is 8.12. The van der Waals surface area contributed by atoms with Crippen LogP contribution in [-0.4, -0.2) is 65.2 Å². The lowest BCUT2D eigenvalue weighted by Crippen LogP contribution is -2.55. The molecule has 29 heavy (non-hydrogen) atoms. The van der Waals surface area contributed by atoms with Crippen molar-refractivity contribution in [2.75, 3.05) is 40.4 Å². The summed E-state index contributed by atoms with van der Waals surface area (Å²) in [5, 5.41) is 2.85. The van der Waals surface area contributed by atoms with Crippen LogP contribution < -0.4 is 19.5 Å².